The molecular formula is C15H15N3O2S. The van der Waals surface area contributed by atoms with Crippen molar-refractivity contribution < 1.29 is 9.21 Å². The van der Waals surface area contributed by atoms with Crippen molar-refractivity contribution in [1.29, 1.82) is 0 Å². The molecule has 21 heavy (non-hydrogen) atoms. The number of thiophene rings is 1. The summed E-state index contributed by atoms with van der Waals surface area (Å²) in [5.41, 5.74) is 6.57. The molecule has 6 heteroatoms. The van der Waals surface area contributed by atoms with Crippen LogP contribution in [-0.4, -0.2) is 16.9 Å². The van der Waals surface area contributed by atoms with Crippen molar-refractivity contribution in [2.75, 3.05) is 5.73 Å². The van der Waals surface area contributed by atoms with Crippen LogP contribution in [0.15, 0.2) is 41.3 Å². The van der Waals surface area contributed by atoms with Gasteiger partial charge in [-0.25, -0.2) is 0 Å². The minimum Gasteiger partial charge on any atom is -0.469 e. The number of aromatic nitrogens is 1. The van der Waals surface area contributed by atoms with Crippen molar-refractivity contribution in [3.8, 4) is 0 Å². The van der Waals surface area contributed by atoms with Crippen molar-refractivity contribution in [1.82, 2.24) is 10.3 Å². The van der Waals surface area contributed by atoms with Gasteiger partial charge in [-0.15, -0.1) is 11.3 Å². The second kappa shape index (κ2) is 5.57. The largest absolute Gasteiger partial charge is 0.469 e. The van der Waals surface area contributed by atoms with Crippen LogP contribution in [0.1, 0.15) is 22.4 Å². The van der Waals surface area contributed by atoms with Gasteiger partial charge in [0.2, 0.25) is 0 Å². The van der Waals surface area contributed by atoms with E-state index in [1.165, 1.54) is 11.3 Å². The molecule has 1 atom stereocenters. The Kier molecular flexibility index (Phi) is 3.62. The molecular weight excluding hydrogens is 286 g/mol. The lowest BCUT2D eigenvalue weighted by Crippen LogP contribution is -2.33. The third-order valence-electron chi connectivity index (χ3n) is 3.20. The first kappa shape index (κ1) is 13.6. The average Bonchev–Trinajstić information content (AvgIpc) is 3.07. The predicted octanol–water partition coefficient (Wildman–Crippen LogP) is 2.83. The van der Waals surface area contributed by atoms with E-state index in [-0.39, 0.29) is 11.9 Å². The van der Waals surface area contributed by atoms with Gasteiger partial charge >= 0.3 is 0 Å². The lowest BCUT2D eigenvalue weighted by atomic mass is 10.2. The number of nitrogen functional groups attached to an aromatic ring is 1. The van der Waals surface area contributed by atoms with E-state index < -0.39 is 0 Å². The number of carbonyl (C=O) groups excluding carboxylic acids is 1. The Hall–Kier alpha value is -2.34. The number of pyridine rings is 1. The van der Waals surface area contributed by atoms with Crippen LogP contribution < -0.4 is 11.1 Å². The summed E-state index contributed by atoms with van der Waals surface area (Å²) in [5.74, 6) is 0.684. The summed E-state index contributed by atoms with van der Waals surface area (Å²) in [6, 6.07) is 5.51. The van der Waals surface area contributed by atoms with E-state index in [2.05, 4.69) is 10.3 Å². The van der Waals surface area contributed by atoms with Gasteiger partial charge in [0.05, 0.1) is 16.7 Å². The Bertz CT molecular complexity index is 764. The van der Waals surface area contributed by atoms with E-state index in [1.807, 2.05) is 25.1 Å². The first-order chi connectivity index (χ1) is 10.1. The monoisotopic (exact) mass is 301 g/mol. The molecule has 1 unspecified atom stereocenters. The van der Waals surface area contributed by atoms with Crippen molar-refractivity contribution in [3.05, 3.63) is 47.5 Å². The molecule has 0 saturated heterocycles. The SMILES string of the molecule is CC(Cc1ccco1)NC(=O)c1sc2cnccc2c1N. The summed E-state index contributed by atoms with van der Waals surface area (Å²) in [6.45, 7) is 1.94. The molecule has 0 aliphatic carbocycles. The normalized spacial score (nSPS) is 12.4. The molecule has 3 heterocycles. The highest BCUT2D eigenvalue weighted by atomic mass is 32.1. The molecule has 0 aliphatic heterocycles. The van der Waals surface area contributed by atoms with Crippen LogP contribution in [0.4, 0.5) is 5.69 Å². The van der Waals surface area contributed by atoms with Gasteiger partial charge in [0.1, 0.15) is 10.6 Å². The van der Waals surface area contributed by atoms with E-state index in [9.17, 15) is 4.79 Å². The third-order valence-corrected chi connectivity index (χ3v) is 4.36. The van der Waals surface area contributed by atoms with Crippen molar-refractivity contribution in [2.45, 2.75) is 19.4 Å². The number of nitrogens with two attached hydrogens (primary N) is 1. The van der Waals surface area contributed by atoms with Gasteiger partial charge in [0.25, 0.3) is 5.91 Å². The molecule has 3 N–H and O–H groups in total. The van der Waals surface area contributed by atoms with Gasteiger partial charge in [-0.05, 0) is 25.1 Å². The minimum absolute atomic E-state index is 0.0358. The van der Waals surface area contributed by atoms with Crippen LogP contribution >= 0.6 is 11.3 Å². The van der Waals surface area contributed by atoms with Crippen LogP contribution in [0.25, 0.3) is 10.1 Å². The Morgan fingerprint density at radius 2 is 2.38 bits per heavy atom. The molecule has 3 rings (SSSR count). The van der Waals surface area contributed by atoms with Gasteiger partial charge in [-0.1, -0.05) is 0 Å². The summed E-state index contributed by atoms with van der Waals surface area (Å²) in [7, 11) is 0. The van der Waals surface area contributed by atoms with Gasteiger partial charge in [-0.2, -0.15) is 0 Å². The van der Waals surface area contributed by atoms with Crippen molar-refractivity contribution in [3.63, 3.8) is 0 Å². The van der Waals surface area contributed by atoms with E-state index in [1.54, 1.807) is 18.7 Å². The molecule has 0 saturated carbocycles. The number of furan rings is 1. The summed E-state index contributed by atoms with van der Waals surface area (Å²) in [5, 5.41) is 3.82. The number of rotatable bonds is 4. The highest BCUT2D eigenvalue weighted by molar-refractivity contribution is 7.21. The quantitative estimate of drug-likeness (QED) is 0.776. The third kappa shape index (κ3) is 2.75. The first-order valence-corrected chi connectivity index (χ1v) is 7.42. The second-order valence-corrected chi connectivity index (χ2v) is 5.93. The number of fused-ring (bicyclic) bond motifs is 1. The zero-order chi connectivity index (χ0) is 14.8. The maximum atomic E-state index is 12.3. The smallest absolute Gasteiger partial charge is 0.263 e. The van der Waals surface area contributed by atoms with Crippen LogP contribution in [0, 0.1) is 0 Å². The van der Waals surface area contributed by atoms with Crippen LogP contribution in [0.2, 0.25) is 0 Å². The lowest BCUT2D eigenvalue weighted by molar-refractivity contribution is 0.0944. The number of hydrogen-bond donors (Lipinski definition) is 2. The maximum Gasteiger partial charge on any atom is 0.263 e. The number of hydrogen-bond acceptors (Lipinski definition) is 5. The highest BCUT2D eigenvalue weighted by Crippen LogP contribution is 2.32. The molecule has 0 fully saturated rings. The Labute approximate surface area is 125 Å². The predicted molar refractivity (Wildman–Crippen MR) is 83.4 cm³/mol. The lowest BCUT2D eigenvalue weighted by Gasteiger charge is -2.12. The zero-order valence-corrected chi connectivity index (χ0v) is 12.3. The number of nitrogens with zero attached hydrogens (tertiary/aromatic N) is 1. The molecule has 5 nitrogen and oxygen atoms in total. The van der Waals surface area contributed by atoms with Gasteiger partial charge in [0.15, 0.2) is 0 Å². The fourth-order valence-electron chi connectivity index (χ4n) is 2.21. The minimum atomic E-state index is -0.159. The summed E-state index contributed by atoms with van der Waals surface area (Å²) >= 11 is 1.36. The molecule has 0 bridgehead atoms. The van der Waals surface area contributed by atoms with Crippen molar-refractivity contribution in [2.24, 2.45) is 0 Å². The van der Waals surface area contributed by atoms with Gasteiger partial charge in [0, 0.05) is 30.2 Å². The van der Waals surface area contributed by atoms with E-state index >= 15 is 0 Å². The molecule has 3 aromatic rings. The van der Waals surface area contributed by atoms with E-state index in [0.717, 1.165) is 15.8 Å². The summed E-state index contributed by atoms with van der Waals surface area (Å²) < 4.78 is 6.20. The topological polar surface area (TPSA) is 81.2 Å². The number of nitrogens with one attached hydrogen (secondary N) is 1. The molecule has 0 spiro atoms. The molecule has 1 amide bonds. The Morgan fingerprint density at radius 3 is 3.10 bits per heavy atom. The van der Waals surface area contributed by atoms with Gasteiger partial charge < -0.3 is 15.5 Å². The van der Waals surface area contributed by atoms with Crippen LogP contribution in [0.5, 0.6) is 0 Å². The molecule has 0 radical (unpaired) electrons. The van der Waals surface area contributed by atoms with E-state index in [0.29, 0.717) is 17.0 Å². The molecule has 0 aliphatic rings. The average molecular weight is 301 g/mol. The number of carbonyl (C=O) groups is 1. The number of amides is 1. The first-order valence-electron chi connectivity index (χ1n) is 6.60. The van der Waals surface area contributed by atoms with Crippen LogP contribution in [-0.2, 0) is 6.42 Å². The molecule has 0 aromatic carbocycles. The molecule has 3 aromatic heterocycles. The van der Waals surface area contributed by atoms with Crippen molar-refractivity contribution >= 4 is 33.0 Å². The standard InChI is InChI=1S/C15H15N3O2S/c1-9(7-10-3-2-6-20-10)18-15(19)14-13(16)11-4-5-17-8-12(11)21-14/h2-6,8-9H,7,16H2,1H3,(H,18,19). The summed E-state index contributed by atoms with van der Waals surface area (Å²) in [4.78, 5) is 16.9. The van der Waals surface area contributed by atoms with E-state index in [4.69, 9.17) is 10.2 Å². The maximum absolute atomic E-state index is 12.3. The summed E-state index contributed by atoms with van der Waals surface area (Å²) in [6.07, 6.45) is 5.66. The van der Waals surface area contributed by atoms with Gasteiger partial charge in [-0.3, -0.25) is 9.78 Å². The number of anilines is 1. The molecule has 108 valence electrons. The Balaban J connectivity index is 1.76. The highest BCUT2D eigenvalue weighted by Gasteiger charge is 2.18. The fraction of sp³-hybridized carbons (Fsp3) is 0.200. The fourth-order valence-corrected chi connectivity index (χ4v) is 3.20. The second-order valence-electron chi connectivity index (χ2n) is 4.87. The Morgan fingerprint density at radius 1 is 1.52 bits per heavy atom. The zero-order valence-electron chi connectivity index (χ0n) is 11.5. The van der Waals surface area contributed by atoms with Crippen LogP contribution in [0.3, 0.4) is 0 Å².